The molecule has 0 unspecified atom stereocenters. The van der Waals surface area contributed by atoms with Crippen molar-refractivity contribution in [2.45, 2.75) is 13.0 Å². The fourth-order valence-electron chi connectivity index (χ4n) is 2.52. The van der Waals surface area contributed by atoms with Gasteiger partial charge in [0.15, 0.2) is 0 Å². The minimum atomic E-state index is 0. The summed E-state index contributed by atoms with van der Waals surface area (Å²) < 4.78 is 0. The molecule has 150 valence electrons. The van der Waals surface area contributed by atoms with E-state index in [1.165, 1.54) is 22.5 Å². The Morgan fingerprint density at radius 2 is 1.75 bits per heavy atom. The lowest BCUT2D eigenvalue weighted by Gasteiger charge is -2.06. The molecule has 0 saturated heterocycles. The highest BCUT2D eigenvalue weighted by molar-refractivity contribution is 7.12. The third kappa shape index (κ3) is 7.28. The third-order valence-corrected chi connectivity index (χ3v) is 5.44. The van der Waals surface area contributed by atoms with E-state index in [4.69, 9.17) is 28.9 Å². The van der Waals surface area contributed by atoms with Crippen LogP contribution in [-0.4, -0.2) is 12.4 Å². The number of nitrogens with two attached hydrogens (primary N) is 1. The number of nitrogens with one attached hydrogen (secondary N) is 1. The van der Waals surface area contributed by atoms with Crippen LogP contribution in [0.1, 0.15) is 16.0 Å². The topological polar surface area (TPSA) is 50.4 Å². The van der Waals surface area contributed by atoms with Gasteiger partial charge in [0.2, 0.25) is 0 Å². The molecular weight excluding hydrogens is 456 g/mol. The molecule has 1 heterocycles. The maximum absolute atomic E-state index is 6.09. The normalized spacial score (nSPS) is 10.9. The molecule has 3 nitrogen and oxygen atoms in total. The average Bonchev–Trinajstić information content (AvgIpc) is 3.06. The summed E-state index contributed by atoms with van der Waals surface area (Å²) in [5, 5.41) is 6.74. The number of benzene rings is 2. The van der Waals surface area contributed by atoms with E-state index >= 15 is 0 Å². The van der Waals surface area contributed by atoms with Crippen molar-refractivity contribution >= 4 is 70.9 Å². The monoisotopic (exact) mass is 475 g/mol. The van der Waals surface area contributed by atoms with Gasteiger partial charge in [0, 0.05) is 11.6 Å². The Morgan fingerprint density at radius 1 is 1.00 bits per heavy atom. The molecule has 0 bridgehead atoms. The fraction of sp³-hybridized carbons (Fsp3) is 0.150. The molecule has 3 N–H and O–H groups in total. The molecule has 0 spiro atoms. The summed E-state index contributed by atoms with van der Waals surface area (Å²) in [6.45, 7) is 1.70. The molecule has 8 heteroatoms. The fourth-order valence-corrected chi connectivity index (χ4v) is 3.78. The van der Waals surface area contributed by atoms with E-state index in [2.05, 4.69) is 28.5 Å². The lowest BCUT2D eigenvalue weighted by molar-refractivity contribution is 0.687. The van der Waals surface area contributed by atoms with Crippen LogP contribution in [0.25, 0.3) is 0 Å². The molecule has 3 aromatic rings. The van der Waals surface area contributed by atoms with E-state index in [0.29, 0.717) is 10.9 Å². The smallest absolute Gasteiger partial charge is 0.142 e. The maximum Gasteiger partial charge on any atom is 0.142 e. The predicted molar refractivity (Wildman–Crippen MR) is 128 cm³/mol. The molecule has 0 saturated carbocycles. The Labute approximate surface area is 191 Å². The molecule has 0 aliphatic heterocycles. The van der Waals surface area contributed by atoms with Crippen LogP contribution in [0.2, 0.25) is 10.0 Å². The molecule has 0 amide bonds. The van der Waals surface area contributed by atoms with Crippen LogP contribution in [0.3, 0.4) is 0 Å². The molecule has 0 aliphatic carbocycles. The van der Waals surface area contributed by atoms with Gasteiger partial charge in [0.1, 0.15) is 5.84 Å². The summed E-state index contributed by atoms with van der Waals surface area (Å²) in [6.07, 6.45) is 0.941. The van der Waals surface area contributed by atoms with Crippen LogP contribution in [0.5, 0.6) is 0 Å². The minimum absolute atomic E-state index is 0. The zero-order chi connectivity index (χ0) is 18.4. The van der Waals surface area contributed by atoms with E-state index in [9.17, 15) is 0 Å². The largest absolute Gasteiger partial charge is 0.382 e. The number of aliphatic imine (C=N–C) groups is 1. The van der Waals surface area contributed by atoms with Gasteiger partial charge in [-0.2, -0.15) is 0 Å². The number of rotatable bonds is 7. The van der Waals surface area contributed by atoms with Crippen LogP contribution in [0.15, 0.2) is 65.0 Å². The lowest BCUT2D eigenvalue weighted by atomic mass is 10.1. The first-order valence-corrected chi connectivity index (χ1v) is 9.87. The molecule has 0 aliphatic rings. The van der Waals surface area contributed by atoms with E-state index in [1.54, 1.807) is 0 Å². The van der Waals surface area contributed by atoms with Crippen molar-refractivity contribution in [1.82, 2.24) is 5.32 Å². The quantitative estimate of drug-likeness (QED) is 0.240. The third-order valence-electron chi connectivity index (χ3n) is 3.84. The summed E-state index contributed by atoms with van der Waals surface area (Å²) in [6, 6.07) is 17.8. The predicted octanol–water partition coefficient (Wildman–Crippen LogP) is 6.27. The molecule has 0 fully saturated rings. The molecule has 1 aromatic heterocycles. The second kappa shape index (κ2) is 12.3. The van der Waals surface area contributed by atoms with Gasteiger partial charge >= 0.3 is 0 Å². The van der Waals surface area contributed by atoms with Gasteiger partial charge in [-0.1, -0.05) is 47.5 Å². The van der Waals surface area contributed by atoms with Gasteiger partial charge in [-0.3, -0.25) is 0 Å². The van der Waals surface area contributed by atoms with Crippen LogP contribution >= 0.6 is 59.4 Å². The van der Waals surface area contributed by atoms with Crippen LogP contribution in [0, 0.1) is 0 Å². The highest BCUT2D eigenvalue weighted by Gasteiger charge is 2.06. The van der Waals surface area contributed by atoms with Crippen LogP contribution < -0.4 is 11.1 Å². The Hall–Kier alpha value is -1.27. The van der Waals surface area contributed by atoms with Crippen molar-refractivity contribution in [1.29, 1.82) is 0 Å². The van der Waals surface area contributed by atoms with E-state index in [-0.39, 0.29) is 24.8 Å². The summed E-state index contributed by atoms with van der Waals surface area (Å²) in [5.41, 5.74) is 9.28. The Kier molecular flexibility index (Phi) is 10.9. The molecule has 2 aromatic carbocycles. The Bertz CT molecular complexity index is 894. The van der Waals surface area contributed by atoms with Crippen molar-refractivity contribution in [3.05, 3.63) is 86.0 Å². The zero-order valence-corrected chi connectivity index (χ0v) is 18.9. The number of nitrogens with zero attached hydrogens (tertiary/aromatic N) is 1. The summed E-state index contributed by atoms with van der Waals surface area (Å²) in [7, 11) is 0. The number of hydrogen-bond donors (Lipinski definition) is 2. The molecule has 28 heavy (non-hydrogen) atoms. The number of halogens is 4. The van der Waals surface area contributed by atoms with Gasteiger partial charge in [-0.05, 0) is 59.8 Å². The van der Waals surface area contributed by atoms with E-state index < -0.39 is 0 Å². The maximum atomic E-state index is 6.09. The standard InChI is InChI=1S/C20H19Cl2N3S.2ClH/c21-16-3-1-2-15(12-16)13-24-10-8-14-4-6-17(7-5-14)25-20(23)19-18(22)9-11-26-19;;/h1-7,9,11-12,24H,8,10,13H2,(H2,23,25);2*1H. The second-order valence-electron chi connectivity index (χ2n) is 5.82. The van der Waals surface area contributed by atoms with Crippen LogP contribution in [-0.2, 0) is 13.0 Å². The zero-order valence-electron chi connectivity index (χ0n) is 14.9. The molecule has 0 radical (unpaired) electrons. The van der Waals surface area contributed by atoms with Crippen molar-refractivity contribution in [2.75, 3.05) is 6.54 Å². The van der Waals surface area contributed by atoms with Crippen molar-refractivity contribution in [3.8, 4) is 0 Å². The van der Waals surface area contributed by atoms with Gasteiger partial charge in [-0.15, -0.1) is 36.2 Å². The van der Waals surface area contributed by atoms with Gasteiger partial charge < -0.3 is 11.1 Å². The average molecular weight is 477 g/mol. The molecular formula is C20H21Cl4N3S. The SMILES string of the molecule is Cl.Cl.NC(=Nc1ccc(CCNCc2cccc(Cl)c2)cc1)c1sccc1Cl. The van der Waals surface area contributed by atoms with E-state index in [1.807, 2.05) is 41.8 Å². The Balaban J connectivity index is 0.00000196. The first-order valence-electron chi connectivity index (χ1n) is 8.23. The number of amidine groups is 1. The summed E-state index contributed by atoms with van der Waals surface area (Å²) >= 11 is 13.6. The van der Waals surface area contributed by atoms with Crippen molar-refractivity contribution in [3.63, 3.8) is 0 Å². The van der Waals surface area contributed by atoms with Gasteiger partial charge in [-0.25, -0.2) is 4.99 Å². The van der Waals surface area contributed by atoms with Crippen molar-refractivity contribution in [2.24, 2.45) is 10.7 Å². The lowest BCUT2D eigenvalue weighted by Crippen LogP contribution is -2.16. The van der Waals surface area contributed by atoms with Crippen molar-refractivity contribution < 1.29 is 0 Å². The first kappa shape index (κ1) is 24.8. The second-order valence-corrected chi connectivity index (χ2v) is 7.58. The highest BCUT2D eigenvalue weighted by atomic mass is 35.5. The minimum Gasteiger partial charge on any atom is -0.382 e. The van der Waals surface area contributed by atoms with Gasteiger partial charge in [0.25, 0.3) is 0 Å². The molecule has 3 rings (SSSR count). The van der Waals surface area contributed by atoms with E-state index in [0.717, 1.165) is 35.1 Å². The van der Waals surface area contributed by atoms with Crippen LogP contribution in [0.4, 0.5) is 5.69 Å². The first-order chi connectivity index (χ1) is 12.6. The Morgan fingerprint density at radius 3 is 2.39 bits per heavy atom. The number of hydrogen-bond acceptors (Lipinski definition) is 3. The molecule has 0 atom stereocenters. The summed E-state index contributed by atoms with van der Waals surface area (Å²) in [4.78, 5) is 5.25. The van der Waals surface area contributed by atoms with Gasteiger partial charge in [0.05, 0.1) is 15.6 Å². The highest BCUT2D eigenvalue weighted by Crippen LogP contribution is 2.23. The summed E-state index contributed by atoms with van der Waals surface area (Å²) in [5.74, 6) is 0.445. The number of thiophene rings is 1.